The number of rotatable bonds is 7. The van der Waals surface area contributed by atoms with Crippen molar-refractivity contribution in [1.29, 1.82) is 0 Å². The van der Waals surface area contributed by atoms with E-state index >= 15 is 0 Å². The summed E-state index contributed by atoms with van der Waals surface area (Å²) in [4.78, 5) is 0.258. The number of benzene rings is 1. The molecule has 102 valence electrons. The monoisotopic (exact) mass is 290 g/mol. The number of nitrogens with one attached hydrogen (secondary N) is 2. The molecule has 18 heavy (non-hydrogen) atoms. The molecule has 6 heteroatoms. The van der Waals surface area contributed by atoms with E-state index in [4.69, 9.17) is 11.6 Å². The molecule has 0 heterocycles. The lowest BCUT2D eigenvalue weighted by molar-refractivity contribution is 0.580. The molecule has 0 aliphatic carbocycles. The third-order valence-corrected chi connectivity index (χ3v) is 4.26. The van der Waals surface area contributed by atoms with Gasteiger partial charge in [-0.2, -0.15) is 0 Å². The lowest BCUT2D eigenvalue weighted by atomic mass is 10.2. The average Bonchev–Trinajstić information content (AvgIpc) is 2.35. The van der Waals surface area contributed by atoms with Gasteiger partial charge in [0, 0.05) is 18.1 Å². The second-order valence-corrected chi connectivity index (χ2v) is 6.11. The van der Waals surface area contributed by atoms with Crippen LogP contribution in [-0.2, 0) is 16.6 Å². The zero-order valence-corrected chi connectivity index (χ0v) is 12.2. The van der Waals surface area contributed by atoms with E-state index < -0.39 is 10.0 Å². The molecule has 0 atom stereocenters. The molecule has 4 nitrogen and oxygen atoms in total. The Kier molecular flexibility index (Phi) is 6.08. The first-order valence-corrected chi connectivity index (χ1v) is 7.86. The molecule has 1 aromatic rings. The van der Waals surface area contributed by atoms with Crippen LogP contribution in [0.4, 0.5) is 0 Å². The molecule has 0 saturated heterocycles. The number of sulfonamides is 1. The van der Waals surface area contributed by atoms with Crippen molar-refractivity contribution in [3.05, 3.63) is 28.8 Å². The number of hydrogen-bond donors (Lipinski definition) is 2. The van der Waals surface area contributed by atoms with Crippen molar-refractivity contribution >= 4 is 21.6 Å². The third-order valence-electron chi connectivity index (χ3n) is 2.44. The standard InChI is InChI=1S/C12H19ClN2O2S/c1-3-7-15-18(16,17)11-5-6-12(13)10(8-11)9-14-4-2/h5-6,8,14-15H,3-4,7,9H2,1-2H3. The van der Waals surface area contributed by atoms with Gasteiger partial charge in [-0.25, -0.2) is 13.1 Å². The van der Waals surface area contributed by atoms with Gasteiger partial charge in [0.05, 0.1) is 4.90 Å². The van der Waals surface area contributed by atoms with Gasteiger partial charge in [0.15, 0.2) is 0 Å². The lowest BCUT2D eigenvalue weighted by Crippen LogP contribution is -2.24. The van der Waals surface area contributed by atoms with Crippen LogP contribution < -0.4 is 10.0 Å². The highest BCUT2D eigenvalue weighted by Gasteiger charge is 2.14. The van der Waals surface area contributed by atoms with Crippen LogP contribution in [0, 0.1) is 0 Å². The highest BCUT2D eigenvalue weighted by atomic mass is 35.5. The Bertz CT molecular complexity index is 489. The van der Waals surface area contributed by atoms with E-state index in [9.17, 15) is 8.42 Å². The second-order valence-electron chi connectivity index (χ2n) is 3.93. The van der Waals surface area contributed by atoms with E-state index in [1.807, 2.05) is 13.8 Å². The van der Waals surface area contributed by atoms with Crippen molar-refractivity contribution < 1.29 is 8.42 Å². The van der Waals surface area contributed by atoms with Gasteiger partial charge in [0.25, 0.3) is 0 Å². The Morgan fingerprint density at radius 3 is 2.61 bits per heavy atom. The van der Waals surface area contributed by atoms with Gasteiger partial charge in [-0.1, -0.05) is 25.4 Å². The number of halogens is 1. The van der Waals surface area contributed by atoms with Crippen molar-refractivity contribution in [1.82, 2.24) is 10.0 Å². The maximum Gasteiger partial charge on any atom is 0.240 e. The minimum atomic E-state index is -3.42. The summed E-state index contributed by atoms with van der Waals surface area (Å²) < 4.78 is 26.4. The zero-order valence-electron chi connectivity index (χ0n) is 10.7. The largest absolute Gasteiger partial charge is 0.313 e. The van der Waals surface area contributed by atoms with Gasteiger partial charge in [-0.05, 0) is 36.7 Å². The third kappa shape index (κ3) is 4.24. The fourth-order valence-electron chi connectivity index (χ4n) is 1.43. The van der Waals surface area contributed by atoms with Gasteiger partial charge in [0.1, 0.15) is 0 Å². The maximum absolute atomic E-state index is 12.0. The summed E-state index contributed by atoms with van der Waals surface area (Å²) in [6, 6.07) is 4.76. The van der Waals surface area contributed by atoms with Crippen LogP contribution in [0.15, 0.2) is 23.1 Å². The van der Waals surface area contributed by atoms with E-state index in [1.165, 1.54) is 6.07 Å². The first-order valence-electron chi connectivity index (χ1n) is 6.00. The lowest BCUT2D eigenvalue weighted by Gasteiger charge is -2.09. The Morgan fingerprint density at radius 1 is 1.28 bits per heavy atom. The SMILES string of the molecule is CCCNS(=O)(=O)c1ccc(Cl)c(CNCC)c1. The fourth-order valence-corrected chi connectivity index (χ4v) is 2.80. The molecule has 0 amide bonds. The number of hydrogen-bond acceptors (Lipinski definition) is 3. The minimum Gasteiger partial charge on any atom is -0.313 e. The van der Waals surface area contributed by atoms with Gasteiger partial charge < -0.3 is 5.32 Å². The minimum absolute atomic E-state index is 0.258. The molecule has 0 spiro atoms. The molecule has 0 unspecified atom stereocenters. The molecule has 0 aliphatic heterocycles. The first-order chi connectivity index (χ1) is 8.51. The van der Waals surface area contributed by atoms with Crippen LogP contribution in [0.1, 0.15) is 25.8 Å². The van der Waals surface area contributed by atoms with Crippen molar-refractivity contribution in [2.75, 3.05) is 13.1 Å². The van der Waals surface area contributed by atoms with E-state index in [0.29, 0.717) is 18.1 Å². The van der Waals surface area contributed by atoms with Crippen molar-refractivity contribution in [3.63, 3.8) is 0 Å². The van der Waals surface area contributed by atoms with E-state index in [2.05, 4.69) is 10.0 Å². The highest BCUT2D eigenvalue weighted by molar-refractivity contribution is 7.89. The zero-order chi connectivity index (χ0) is 13.6. The summed E-state index contributed by atoms with van der Waals surface area (Å²) in [7, 11) is -3.42. The summed E-state index contributed by atoms with van der Waals surface area (Å²) in [6.45, 7) is 5.71. The Labute approximate surface area is 114 Å². The van der Waals surface area contributed by atoms with Crippen molar-refractivity contribution in [2.24, 2.45) is 0 Å². The predicted molar refractivity (Wildman–Crippen MR) is 74.3 cm³/mol. The van der Waals surface area contributed by atoms with Crippen LogP contribution in [0.3, 0.4) is 0 Å². The predicted octanol–water partition coefficient (Wildman–Crippen LogP) is 2.14. The molecule has 0 radical (unpaired) electrons. The van der Waals surface area contributed by atoms with Crippen molar-refractivity contribution in [3.8, 4) is 0 Å². The second kappa shape index (κ2) is 7.09. The Morgan fingerprint density at radius 2 is 2.00 bits per heavy atom. The molecule has 0 aliphatic rings. The van der Waals surface area contributed by atoms with Crippen LogP contribution in [0.5, 0.6) is 0 Å². The van der Waals surface area contributed by atoms with Gasteiger partial charge in [-0.3, -0.25) is 0 Å². The summed E-state index contributed by atoms with van der Waals surface area (Å²) >= 11 is 6.03. The Balaban J connectivity index is 2.96. The van der Waals surface area contributed by atoms with E-state index in [0.717, 1.165) is 18.5 Å². The first kappa shape index (κ1) is 15.4. The molecule has 1 aromatic carbocycles. The quantitative estimate of drug-likeness (QED) is 0.809. The smallest absolute Gasteiger partial charge is 0.240 e. The van der Waals surface area contributed by atoms with Gasteiger partial charge >= 0.3 is 0 Å². The average molecular weight is 291 g/mol. The molecule has 0 fully saturated rings. The van der Waals surface area contributed by atoms with Crippen LogP contribution in [0.2, 0.25) is 5.02 Å². The van der Waals surface area contributed by atoms with Gasteiger partial charge in [0.2, 0.25) is 10.0 Å². The van der Waals surface area contributed by atoms with Crippen molar-refractivity contribution in [2.45, 2.75) is 31.7 Å². The molecule has 1 rings (SSSR count). The van der Waals surface area contributed by atoms with Crippen LogP contribution in [-0.4, -0.2) is 21.5 Å². The van der Waals surface area contributed by atoms with Crippen LogP contribution in [0.25, 0.3) is 0 Å². The molecule has 0 aromatic heterocycles. The maximum atomic E-state index is 12.0. The summed E-state index contributed by atoms with van der Waals surface area (Å²) in [5.41, 5.74) is 0.790. The normalized spacial score (nSPS) is 11.7. The molecule has 0 saturated carbocycles. The highest BCUT2D eigenvalue weighted by Crippen LogP contribution is 2.20. The molecule has 0 bridgehead atoms. The summed E-state index contributed by atoms with van der Waals surface area (Å²) in [5.74, 6) is 0. The molecule has 2 N–H and O–H groups in total. The van der Waals surface area contributed by atoms with E-state index in [1.54, 1.807) is 12.1 Å². The molecular weight excluding hydrogens is 272 g/mol. The summed E-state index contributed by atoms with van der Waals surface area (Å²) in [5, 5.41) is 3.70. The van der Waals surface area contributed by atoms with Crippen LogP contribution >= 0.6 is 11.6 Å². The fraction of sp³-hybridized carbons (Fsp3) is 0.500. The van der Waals surface area contributed by atoms with Gasteiger partial charge in [-0.15, -0.1) is 0 Å². The molecular formula is C12H19ClN2O2S. The van der Waals surface area contributed by atoms with E-state index in [-0.39, 0.29) is 4.90 Å². The Hall–Kier alpha value is -0.620. The summed E-state index contributed by atoms with van der Waals surface area (Å²) in [6.07, 6.45) is 0.761. The topological polar surface area (TPSA) is 58.2 Å².